The van der Waals surface area contributed by atoms with Crippen LogP contribution in [-0.2, 0) is 28.6 Å². The van der Waals surface area contributed by atoms with Crippen LogP contribution in [0.5, 0.6) is 0 Å². The molecule has 0 heterocycles. The zero-order chi connectivity index (χ0) is 55.0. The second-order valence-corrected chi connectivity index (χ2v) is 20.6. The summed E-state index contributed by atoms with van der Waals surface area (Å²) in [5.74, 6) is -0.935. The van der Waals surface area contributed by atoms with Gasteiger partial charge in [0.15, 0.2) is 6.10 Å². The van der Waals surface area contributed by atoms with Crippen molar-refractivity contribution in [3.63, 3.8) is 0 Å². The highest BCUT2D eigenvalue weighted by molar-refractivity contribution is 5.71. The topological polar surface area (TPSA) is 78.9 Å². The maximum atomic E-state index is 12.8. The van der Waals surface area contributed by atoms with E-state index in [4.69, 9.17) is 14.2 Å². The molecule has 0 aromatic rings. The number of hydrogen-bond donors (Lipinski definition) is 0. The molecule has 1 atom stereocenters. The minimum absolute atomic E-state index is 0.0902. The molecule has 0 saturated heterocycles. The van der Waals surface area contributed by atoms with Gasteiger partial charge in [-0.25, -0.2) is 0 Å². The Morgan fingerprint density at radius 2 is 0.513 bits per heavy atom. The van der Waals surface area contributed by atoms with E-state index in [1.54, 1.807) is 0 Å². The summed E-state index contributed by atoms with van der Waals surface area (Å²) in [7, 11) is 0. The molecule has 0 saturated carbocycles. The lowest BCUT2D eigenvalue weighted by Gasteiger charge is -2.18. The number of rotatable bonds is 56. The van der Waals surface area contributed by atoms with Gasteiger partial charge in [-0.1, -0.05) is 290 Å². The van der Waals surface area contributed by atoms with E-state index in [0.717, 1.165) is 122 Å². The van der Waals surface area contributed by atoms with Crippen LogP contribution in [0.15, 0.2) is 122 Å². The first-order valence-corrected chi connectivity index (χ1v) is 31.5. The van der Waals surface area contributed by atoms with Gasteiger partial charge in [-0.15, -0.1) is 0 Å². The molecule has 6 heteroatoms. The van der Waals surface area contributed by atoms with Gasteiger partial charge in [-0.05, 0) is 96.3 Å². The molecule has 0 spiro atoms. The first kappa shape index (κ1) is 71.8. The molecule has 76 heavy (non-hydrogen) atoms. The van der Waals surface area contributed by atoms with Crippen LogP contribution in [0.1, 0.15) is 284 Å². The molecule has 0 aliphatic rings. The number of allylic oxidation sites excluding steroid dienone is 20. The number of carbonyl (C=O) groups is 3. The Kier molecular flexibility index (Phi) is 59.9. The summed E-state index contributed by atoms with van der Waals surface area (Å²) in [6.07, 6.45) is 87.9. The predicted octanol–water partition coefficient (Wildman–Crippen LogP) is 21.6. The minimum atomic E-state index is -0.794. The van der Waals surface area contributed by atoms with Crippen LogP contribution in [0.2, 0.25) is 0 Å². The molecule has 0 aromatic carbocycles. The van der Waals surface area contributed by atoms with Crippen LogP contribution in [-0.4, -0.2) is 37.2 Å². The van der Waals surface area contributed by atoms with Crippen LogP contribution >= 0.6 is 0 Å². The van der Waals surface area contributed by atoms with E-state index >= 15 is 0 Å². The first-order valence-electron chi connectivity index (χ1n) is 31.5. The number of esters is 3. The van der Waals surface area contributed by atoms with E-state index in [2.05, 4.69) is 142 Å². The maximum Gasteiger partial charge on any atom is 0.306 e. The predicted molar refractivity (Wildman–Crippen MR) is 330 cm³/mol. The number of hydrogen-bond acceptors (Lipinski definition) is 6. The monoisotopic (exact) mass is 1050 g/mol. The fraction of sp³-hybridized carbons (Fsp3) is 0.671. The molecule has 0 radical (unpaired) electrons. The highest BCUT2D eigenvalue weighted by atomic mass is 16.6. The van der Waals surface area contributed by atoms with Crippen LogP contribution in [0, 0.1) is 0 Å². The molecule has 432 valence electrons. The summed E-state index contributed by atoms with van der Waals surface area (Å²) in [5.41, 5.74) is 0. The molecule has 0 amide bonds. The van der Waals surface area contributed by atoms with Crippen molar-refractivity contribution in [3.8, 4) is 0 Å². The van der Waals surface area contributed by atoms with E-state index in [1.807, 2.05) is 0 Å². The highest BCUT2D eigenvalue weighted by Crippen LogP contribution is 2.16. The normalized spacial score (nSPS) is 12.9. The molecule has 0 aliphatic carbocycles. The summed E-state index contributed by atoms with van der Waals surface area (Å²) in [6.45, 7) is 6.47. The maximum absolute atomic E-state index is 12.8. The van der Waals surface area contributed by atoms with Gasteiger partial charge in [0.2, 0.25) is 0 Å². The lowest BCUT2D eigenvalue weighted by atomic mass is 10.0. The third-order valence-corrected chi connectivity index (χ3v) is 13.2. The number of unbranched alkanes of at least 4 members (excludes halogenated alkanes) is 25. The van der Waals surface area contributed by atoms with Crippen LogP contribution in [0.25, 0.3) is 0 Å². The fourth-order valence-electron chi connectivity index (χ4n) is 8.53. The first-order chi connectivity index (χ1) is 37.5. The summed E-state index contributed by atoms with van der Waals surface area (Å²) in [6, 6.07) is 0. The Balaban J connectivity index is 4.26. The van der Waals surface area contributed by atoms with E-state index in [0.29, 0.717) is 19.3 Å². The Morgan fingerprint density at radius 3 is 0.803 bits per heavy atom. The largest absolute Gasteiger partial charge is 0.462 e. The van der Waals surface area contributed by atoms with Gasteiger partial charge in [0.1, 0.15) is 13.2 Å². The average molecular weight is 1050 g/mol. The Morgan fingerprint density at radius 1 is 0.276 bits per heavy atom. The SMILES string of the molecule is CC/C=C\C/C=C\C/C=C\C/C=C\C/C=C\C/C=C\C/C=C\C/C=C\C/C=C\C/C=C\CCCCC(=O)OCC(COC(=O)CCCCCCCCCC)OC(=O)CCCCCCCCCCCCCCCCCCC. The quantitative estimate of drug-likeness (QED) is 0.0261. The highest BCUT2D eigenvalue weighted by Gasteiger charge is 2.19. The summed E-state index contributed by atoms with van der Waals surface area (Å²) < 4.78 is 16.8. The van der Waals surface area contributed by atoms with Crippen molar-refractivity contribution in [1.82, 2.24) is 0 Å². The fourth-order valence-corrected chi connectivity index (χ4v) is 8.53. The summed E-state index contributed by atoms with van der Waals surface area (Å²) in [5, 5.41) is 0. The molecule has 0 fully saturated rings. The second kappa shape index (κ2) is 63.3. The Bertz CT molecular complexity index is 1590. The zero-order valence-corrected chi connectivity index (χ0v) is 49.5. The summed E-state index contributed by atoms with van der Waals surface area (Å²) >= 11 is 0. The van der Waals surface area contributed by atoms with E-state index in [1.165, 1.54) is 122 Å². The van der Waals surface area contributed by atoms with E-state index in [9.17, 15) is 14.4 Å². The second-order valence-electron chi connectivity index (χ2n) is 20.6. The van der Waals surface area contributed by atoms with Crippen molar-refractivity contribution in [2.45, 2.75) is 290 Å². The van der Waals surface area contributed by atoms with Crippen molar-refractivity contribution in [2.75, 3.05) is 13.2 Å². The van der Waals surface area contributed by atoms with Gasteiger partial charge < -0.3 is 14.2 Å². The average Bonchev–Trinajstić information content (AvgIpc) is 3.42. The zero-order valence-electron chi connectivity index (χ0n) is 49.5. The van der Waals surface area contributed by atoms with Crippen LogP contribution in [0.3, 0.4) is 0 Å². The van der Waals surface area contributed by atoms with Gasteiger partial charge >= 0.3 is 17.9 Å². The third-order valence-electron chi connectivity index (χ3n) is 13.2. The third kappa shape index (κ3) is 60.7. The van der Waals surface area contributed by atoms with Gasteiger partial charge in [-0.2, -0.15) is 0 Å². The molecule has 0 aliphatic heterocycles. The molecule has 6 nitrogen and oxygen atoms in total. The van der Waals surface area contributed by atoms with E-state index < -0.39 is 6.10 Å². The number of ether oxygens (including phenoxy) is 3. The van der Waals surface area contributed by atoms with Crippen molar-refractivity contribution in [3.05, 3.63) is 122 Å². The van der Waals surface area contributed by atoms with Crippen molar-refractivity contribution in [2.24, 2.45) is 0 Å². The van der Waals surface area contributed by atoms with Crippen molar-refractivity contribution >= 4 is 17.9 Å². The van der Waals surface area contributed by atoms with Gasteiger partial charge in [0, 0.05) is 19.3 Å². The molecule has 0 N–H and O–H groups in total. The summed E-state index contributed by atoms with van der Waals surface area (Å²) in [4.78, 5) is 38.1. The van der Waals surface area contributed by atoms with Gasteiger partial charge in [-0.3, -0.25) is 14.4 Å². The molecule has 0 bridgehead atoms. The minimum Gasteiger partial charge on any atom is -0.462 e. The molecular weight excluding hydrogens is 937 g/mol. The lowest BCUT2D eigenvalue weighted by Crippen LogP contribution is -2.30. The number of carbonyl (C=O) groups excluding carboxylic acids is 3. The molecule has 1 unspecified atom stereocenters. The van der Waals surface area contributed by atoms with Crippen molar-refractivity contribution < 1.29 is 28.6 Å². The molecule has 0 rings (SSSR count). The molecular formula is C70H116O6. The van der Waals surface area contributed by atoms with Crippen LogP contribution < -0.4 is 0 Å². The van der Waals surface area contributed by atoms with Gasteiger partial charge in [0.25, 0.3) is 0 Å². The van der Waals surface area contributed by atoms with E-state index in [-0.39, 0.29) is 31.1 Å². The van der Waals surface area contributed by atoms with Crippen molar-refractivity contribution in [1.29, 1.82) is 0 Å². The lowest BCUT2D eigenvalue weighted by molar-refractivity contribution is -0.167. The van der Waals surface area contributed by atoms with Gasteiger partial charge in [0.05, 0.1) is 0 Å². The Hall–Kier alpha value is -4.19. The Labute approximate surface area is 469 Å². The molecule has 0 aromatic heterocycles. The van der Waals surface area contributed by atoms with Crippen LogP contribution in [0.4, 0.5) is 0 Å². The standard InChI is InChI=1S/C70H116O6/c1-4-7-10-13-16-19-21-23-25-27-28-29-30-31-32-33-34-35-36-37-38-39-40-41-42-44-45-47-49-51-54-57-60-63-69(72)75-66-67(65-74-68(71)62-59-56-53-18-15-12-9-6-3)76-70(73)64-61-58-55-52-50-48-46-43-26-24-22-20-17-14-11-8-5-2/h7,10,16,19,23,25,28-29,31-32,34-35,37-38,40-41,44-45,49,51,67H,4-6,8-9,11-15,17-18,20-22,24,26-27,30,33,36,39,42-43,46-48,50,52-66H2,1-3H3/b10-7-,19-16-,25-23-,29-28-,32-31-,35-34-,38-37-,41-40-,45-44-,51-49-. The smallest absolute Gasteiger partial charge is 0.306 e.